The Morgan fingerprint density at radius 2 is 2.33 bits per heavy atom. The molecule has 0 amide bonds. The average molecular weight is 221 g/mol. The second kappa shape index (κ2) is 4.64. The third kappa shape index (κ3) is 1.98. The molecular weight excluding hydrogens is 206 g/mol. The van der Waals surface area contributed by atoms with Crippen LogP contribution in [-0.2, 0) is 6.42 Å². The molecule has 1 atom stereocenters. The molecule has 2 nitrogen and oxygen atoms in total. The van der Waals surface area contributed by atoms with Crippen LogP contribution in [0.4, 0.5) is 0 Å². The normalized spacial score (nSPS) is 12.9. The summed E-state index contributed by atoms with van der Waals surface area (Å²) in [6.07, 6.45) is 2.70. The molecule has 0 radical (unpaired) electrons. The number of furan rings is 1. The predicted octanol–water partition coefficient (Wildman–Crippen LogP) is 3.21. The number of aryl methyl sites for hydroxylation is 1. The molecule has 1 unspecified atom stereocenters. The lowest BCUT2D eigenvalue weighted by atomic mass is 10.0. The van der Waals surface area contributed by atoms with Crippen molar-refractivity contribution < 1.29 is 4.42 Å². The number of hydrogen-bond donors (Lipinski definition) is 1. The van der Waals surface area contributed by atoms with Crippen molar-refractivity contribution in [3.63, 3.8) is 0 Å². The summed E-state index contributed by atoms with van der Waals surface area (Å²) in [5.74, 6) is 1.07. The summed E-state index contributed by atoms with van der Waals surface area (Å²) < 4.78 is 5.46. The second-order valence-corrected chi connectivity index (χ2v) is 4.21. The first-order valence-corrected chi connectivity index (χ1v) is 6.06. The van der Waals surface area contributed by atoms with Crippen LogP contribution in [0.25, 0.3) is 0 Å². The van der Waals surface area contributed by atoms with Crippen molar-refractivity contribution >= 4 is 11.3 Å². The molecule has 2 rings (SSSR count). The van der Waals surface area contributed by atoms with Crippen LogP contribution >= 0.6 is 11.3 Å². The molecule has 0 saturated carbocycles. The maximum Gasteiger partial charge on any atom is 0.108 e. The van der Waals surface area contributed by atoms with Crippen LogP contribution in [0.2, 0.25) is 0 Å². The van der Waals surface area contributed by atoms with Crippen molar-refractivity contribution in [3.05, 3.63) is 46.0 Å². The highest BCUT2D eigenvalue weighted by Gasteiger charge is 2.17. The lowest BCUT2D eigenvalue weighted by Crippen LogP contribution is -2.17. The molecule has 0 aromatic carbocycles. The van der Waals surface area contributed by atoms with Gasteiger partial charge in [-0.05, 0) is 35.5 Å². The van der Waals surface area contributed by atoms with Gasteiger partial charge in [0.05, 0.1) is 12.3 Å². The minimum Gasteiger partial charge on any atom is -0.469 e. The largest absolute Gasteiger partial charge is 0.469 e. The highest BCUT2D eigenvalue weighted by atomic mass is 32.1. The molecule has 80 valence electrons. The zero-order valence-corrected chi connectivity index (χ0v) is 9.80. The number of nitrogens with one attached hydrogen (secondary N) is 1. The van der Waals surface area contributed by atoms with E-state index in [1.54, 1.807) is 17.6 Å². The molecule has 0 spiro atoms. The molecule has 1 N–H and O–H groups in total. The molecule has 0 aliphatic heterocycles. The zero-order valence-electron chi connectivity index (χ0n) is 8.99. The lowest BCUT2D eigenvalue weighted by Gasteiger charge is -2.14. The van der Waals surface area contributed by atoms with Crippen LogP contribution in [0.15, 0.2) is 33.6 Å². The highest BCUT2D eigenvalue weighted by Crippen LogP contribution is 2.27. The summed E-state index contributed by atoms with van der Waals surface area (Å²) in [6.45, 7) is 2.11. The Hall–Kier alpha value is -1.06. The van der Waals surface area contributed by atoms with E-state index in [-0.39, 0.29) is 6.04 Å². The number of hydrogen-bond acceptors (Lipinski definition) is 3. The molecule has 2 heterocycles. The van der Waals surface area contributed by atoms with Crippen molar-refractivity contribution in [2.45, 2.75) is 19.4 Å². The number of rotatable bonds is 4. The third-order valence-corrected chi connectivity index (χ3v) is 3.28. The minimum atomic E-state index is 0.255. The fourth-order valence-corrected chi connectivity index (χ4v) is 2.52. The summed E-state index contributed by atoms with van der Waals surface area (Å²) >= 11 is 1.72. The van der Waals surface area contributed by atoms with Gasteiger partial charge < -0.3 is 9.73 Å². The second-order valence-electron chi connectivity index (χ2n) is 3.43. The van der Waals surface area contributed by atoms with E-state index >= 15 is 0 Å². The Morgan fingerprint density at radius 3 is 2.93 bits per heavy atom. The summed E-state index contributed by atoms with van der Waals surface area (Å²) in [5.41, 5.74) is 2.55. The van der Waals surface area contributed by atoms with Gasteiger partial charge in [-0.25, -0.2) is 0 Å². The van der Waals surface area contributed by atoms with Gasteiger partial charge in [0.1, 0.15) is 5.76 Å². The minimum absolute atomic E-state index is 0.255. The van der Waals surface area contributed by atoms with Crippen LogP contribution in [0.1, 0.15) is 29.9 Å². The van der Waals surface area contributed by atoms with Crippen molar-refractivity contribution in [2.24, 2.45) is 0 Å². The van der Waals surface area contributed by atoms with E-state index in [9.17, 15) is 0 Å². The Balaban J connectivity index is 2.35. The molecule has 0 aliphatic rings. The lowest BCUT2D eigenvalue weighted by molar-refractivity contribution is 0.505. The molecule has 3 heteroatoms. The molecule has 2 aromatic rings. The smallest absolute Gasteiger partial charge is 0.108 e. The quantitative estimate of drug-likeness (QED) is 0.857. The predicted molar refractivity (Wildman–Crippen MR) is 63.3 cm³/mol. The van der Waals surface area contributed by atoms with Gasteiger partial charge in [-0.3, -0.25) is 0 Å². The van der Waals surface area contributed by atoms with Gasteiger partial charge in [0.25, 0.3) is 0 Å². The first-order chi connectivity index (χ1) is 7.36. The highest BCUT2D eigenvalue weighted by molar-refractivity contribution is 7.08. The summed E-state index contributed by atoms with van der Waals surface area (Å²) in [5, 5.41) is 7.61. The van der Waals surface area contributed by atoms with E-state index in [0.717, 1.165) is 12.2 Å². The van der Waals surface area contributed by atoms with Crippen molar-refractivity contribution in [3.8, 4) is 0 Å². The summed E-state index contributed by atoms with van der Waals surface area (Å²) in [7, 11) is 1.98. The third-order valence-electron chi connectivity index (χ3n) is 2.58. The fourth-order valence-electron chi connectivity index (χ4n) is 1.84. The summed E-state index contributed by atoms with van der Waals surface area (Å²) in [6, 6.07) is 4.46. The van der Waals surface area contributed by atoms with Crippen LogP contribution < -0.4 is 5.32 Å². The van der Waals surface area contributed by atoms with E-state index in [2.05, 4.69) is 35.1 Å². The van der Waals surface area contributed by atoms with Gasteiger partial charge >= 0.3 is 0 Å². The Bertz CT molecular complexity index is 405. The molecule has 0 aliphatic carbocycles. The monoisotopic (exact) mass is 221 g/mol. The Morgan fingerprint density at radius 1 is 1.47 bits per heavy atom. The Kier molecular flexibility index (Phi) is 3.23. The van der Waals surface area contributed by atoms with Crippen LogP contribution in [-0.4, -0.2) is 7.05 Å². The molecule has 15 heavy (non-hydrogen) atoms. The van der Waals surface area contributed by atoms with Crippen molar-refractivity contribution in [1.29, 1.82) is 0 Å². The van der Waals surface area contributed by atoms with Crippen LogP contribution in [0, 0.1) is 0 Å². The average Bonchev–Trinajstić information content (AvgIpc) is 2.89. The fraction of sp³-hybridized carbons (Fsp3) is 0.333. The molecule has 0 bridgehead atoms. The molecule has 0 saturated heterocycles. The van der Waals surface area contributed by atoms with Gasteiger partial charge in [0.15, 0.2) is 0 Å². The van der Waals surface area contributed by atoms with E-state index in [1.165, 1.54) is 11.1 Å². The van der Waals surface area contributed by atoms with Gasteiger partial charge in [-0.1, -0.05) is 6.92 Å². The van der Waals surface area contributed by atoms with Crippen molar-refractivity contribution in [2.75, 3.05) is 7.05 Å². The van der Waals surface area contributed by atoms with Gasteiger partial charge in [-0.2, -0.15) is 11.3 Å². The molecule has 2 aromatic heterocycles. The van der Waals surface area contributed by atoms with Gasteiger partial charge in [-0.15, -0.1) is 0 Å². The van der Waals surface area contributed by atoms with Crippen LogP contribution in [0.3, 0.4) is 0 Å². The van der Waals surface area contributed by atoms with E-state index in [4.69, 9.17) is 4.42 Å². The van der Waals surface area contributed by atoms with Gasteiger partial charge in [0, 0.05) is 12.0 Å². The SMILES string of the molecule is CCc1occc1C(NC)c1ccsc1. The van der Waals surface area contributed by atoms with Gasteiger partial charge in [0.2, 0.25) is 0 Å². The zero-order chi connectivity index (χ0) is 10.7. The Labute approximate surface area is 93.9 Å². The van der Waals surface area contributed by atoms with E-state index < -0.39 is 0 Å². The summed E-state index contributed by atoms with van der Waals surface area (Å²) in [4.78, 5) is 0. The first kappa shape index (κ1) is 10.5. The van der Waals surface area contributed by atoms with E-state index in [1.807, 2.05) is 7.05 Å². The maximum atomic E-state index is 5.46. The topological polar surface area (TPSA) is 25.2 Å². The van der Waals surface area contributed by atoms with Crippen molar-refractivity contribution in [1.82, 2.24) is 5.32 Å². The van der Waals surface area contributed by atoms with E-state index in [0.29, 0.717) is 0 Å². The number of thiophene rings is 1. The molecule has 0 fully saturated rings. The first-order valence-electron chi connectivity index (χ1n) is 5.12. The van der Waals surface area contributed by atoms with Crippen LogP contribution in [0.5, 0.6) is 0 Å². The maximum absolute atomic E-state index is 5.46. The molecular formula is C12H15NOS. The standard InChI is InChI=1S/C12H15NOS/c1-3-11-10(4-6-14-11)12(13-2)9-5-7-15-8-9/h4-8,12-13H,3H2,1-2H3.